The van der Waals surface area contributed by atoms with Gasteiger partial charge in [0.2, 0.25) is 0 Å². The number of thioether (sulfide) groups is 1. The Morgan fingerprint density at radius 1 is 1.26 bits per heavy atom. The van der Waals surface area contributed by atoms with Gasteiger partial charge in [-0.15, -0.1) is 11.8 Å². The Balaban J connectivity index is 2.11. The highest BCUT2D eigenvalue weighted by Gasteiger charge is 2.35. The number of rotatable bonds is 5. The van der Waals surface area contributed by atoms with Gasteiger partial charge >= 0.3 is 6.18 Å². The minimum Gasteiger partial charge on any atom is -0.399 e. The number of nitrogen functional groups attached to an aromatic ring is 1. The van der Waals surface area contributed by atoms with Crippen molar-refractivity contribution < 1.29 is 23.1 Å². The Morgan fingerprint density at radius 3 is 2.44 bits per heavy atom. The van der Waals surface area contributed by atoms with Crippen LogP contribution in [-0.2, 0) is 11.0 Å². The second-order valence-corrected chi connectivity index (χ2v) is 7.00. The van der Waals surface area contributed by atoms with Crippen LogP contribution >= 0.6 is 11.8 Å². The first-order chi connectivity index (χ1) is 12.5. The lowest BCUT2D eigenvalue weighted by Crippen LogP contribution is -2.42. The number of carbonyl (C=O) groups excluding carboxylic acids is 1. The Bertz CT molecular complexity index is 875. The van der Waals surface area contributed by atoms with Crippen LogP contribution in [0, 0.1) is 11.3 Å². The summed E-state index contributed by atoms with van der Waals surface area (Å²) in [5, 5.41) is 21.4. The van der Waals surface area contributed by atoms with E-state index >= 15 is 0 Å². The molecule has 5 nitrogen and oxygen atoms in total. The van der Waals surface area contributed by atoms with Gasteiger partial charge in [-0.2, -0.15) is 18.4 Å². The van der Waals surface area contributed by atoms with Crippen molar-refractivity contribution in [1.82, 2.24) is 0 Å². The molecule has 2 aromatic carbocycles. The van der Waals surface area contributed by atoms with Gasteiger partial charge in [0.1, 0.15) is 5.60 Å². The molecular formula is C18H16F3N3O2S. The fourth-order valence-corrected chi connectivity index (χ4v) is 2.98. The number of nitrogens with one attached hydrogen (secondary N) is 1. The van der Waals surface area contributed by atoms with E-state index in [0.29, 0.717) is 11.8 Å². The summed E-state index contributed by atoms with van der Waals surface area (Å²) in [6, 6.07) is 11.1. The molecule has 2 aromatic rings. The topological polar surface area (TPSA) is 99.1 Å². The van der Waals surface area contributed by atoms with Crippen LogP contribution in [0.5, 0.6) is 0 Å². The lowest BCUT2D eigenvalue weighted by molar-refractivity contribution is -0.137. The Kier molecular flexibility index (Phi) is 6.03. The van der Waals surface area contributed by atoms with Crippen molar-refractivity contribution in [1.29, 1.82) is 5.26 Å². The molecule has 2 rings (SSSR count). The molecule has 0 saturated heterocycles. The van der Waals surface area contributed by atoms with Gasteiger partial charge in [-0.05, 0) is 49.4 Å². The molecular weight excluding hydrogens is 379 g/mol. The molecule has 27 heavy (non-hydrogen) atoms. The molecule has 0 radical (unpaired) electrons. The summed E-state index contributed by atoms with van der Waals surface area (Å²) in [4.78, 5) is 13.1. The third-order valence-electron chi connectivity index (χ3n) is 3.59. The average molecular weight is 395 g/mol. The molecule has 0 heterocycles. The summed E-state index contributed by atoms with van der Waals surface area (Å²) in [6.45, 7) is 1.26. The number of alkyl halides is 3. The molecule has 0 aliphatic heterocycles. The van der Waals surface area contributed by atoms with Gasteiger partial charge in [0.15, 0.2) is 0 Å². The van der Waals surface area contributed by atoms with Gasteiger partial charge in [-0.1, -0.05) is 0 Å². The van der Waals surface area contributed by atoms with E-state index in [1.165, 1.54) is 30.8 Å². The monoisotopic (exact) mass is 395 g/mol. The van der Waals surface area contributed by atoms with E-state index in [9.17, 15) is 23.1 Å². The van der Waals surface area contributed by atoms with Crippen LogP contribution in [0.3, 0.4) is 0 Å². The van der Waals surface area contributed by atoms with E-state index in [-0.39, 0.29) is 11.4 Å². The zero-order valence-corrected chi connectivity index (χ0v) is 15.0. The van der Waals surface area contributed by atoms with Crippen LogP contribution in [-0.4, -0.2) is 22.4 Å². The van der Waals surface area contributed by atoms with Crippen LogP contribution in [0.4, 0.5) is 24.5 Å². The summed E-state index contributed by atoms with van der Waals surface area (Å²) >= 11 is 1.20. The fourth-order valence-electron chi connectivity index (χ4n) is 2.07. The van der Waals surface area contributed by atoms with E-state index in [1.807, 2.05) is 0 Å². The zero-order chi connectivity index (χ0) is 20.2. The van der Waals surface area contributed by atoms with Gasteiger partial charge in [0, 0.05) is 22.0 Å². The molecule has 1 amide bonds. The maximum absolute atomic E-state index is 13.0. The molecule has 0 fully saturated rings. The minimum atomic E-state index is -4.74. The third-order valence-corrected chi connectivity index (χ3v) is 4.90. The number of hydrogen-bond donors (Lipinski definition) is 3. The lowest BCUT2D eigenvalue weighted by atomic mass is 10.1. The van der Waals surface area contributed by atoms with Crippen molar-refractivity contribution in [3.63, 3.8) is 0 Å². The second kappa shape index (κ2) is 7.90. The predicted octanol–water partition coefficient (Wildman–Crippen LogP) is 3.64. The standard InChI is InChI=1S/C18H16F3N3O2S/c1-17(26,10-27-14-6-3-12(23)4-7-14)16(25)24-13-5-2-11(9-22)15(8-13)18(19,20)21/h2-8,26H,10,23H2,1H3,(H,24,25). The fraction of sp³-hybridized carbons (Fsp3) is 0.222. The van der Waals surface area contributed by atoms with Gasteiger partial charge in [0.05, 0.1) is 17.2 Å². The first-order valence-electron chi connectivity index (χ1n) is 7.66. The van der Waals surface area contributed by atoms with Gasteiger partial charge < -0.3 is 16.2 Å². The SMILES string of the molecule is CC(O)(CSc1ccc(N)cc1)C(=O)Nc1ccc(C#N)c(C(F)(F)F)c1. The predicted molar refractivity (Wildman–Crippen MR) is 97.0 cm³/mol. The maximum atomic E-state index is 13.0. The molecule has 0 saturated carbocycles. The van der Waals surface area contributed by atoms with Crippen molar-refractivity contribution in [3.8, 4) is 6.07 Å². The van der Waals surface area contributed by atoms with Crippen LogP contribution in [0.1, 0.15) is 18.1 Å². The van der Waals surface area contributed by atoms with Crippen molar-refractivity contribution in [2.75, 3.05) is 16.8 Å². The van der Waals surface area contributed by atoms with Crippen LogP contribution in [0.2, 0.25) is 0 Å². The van der Waals surface area contributed by atoms with E-state index in [4.69, 9.17) is 11.0 Å². The maximum Gasteiger partial charge on any atom is 0.417 e. The highest BCUT2D eigenvalue weighted by Crippen LogP contribution is 2.34. The van der Waals surface area contributed by atoms with Crippen molar-refractivity contribution in [3.05, 3.63) is 53.6 Å². The Morgan fingerprint density at radius 2 is 1.89 bits per heavy atom. The van der Waals surface area contributed by atoms with Crippen LogP contribution < -0.4 is 11.1 Å². The number of carbonyl (C=O) groups is 1. The second-order valence-electron chi connectivity index (χ2n) is 5.96. The molecule has 1 unspecified atom stereocenters. The Hall–Kier alpha value is -2.70. The van der Waals surface area contributed by atoms with E-state index in [1.54, 1.807) is 24.3 Å². The number of halogens is 3. The number of aliphatic hydroxyl groups is 1. The number of hydrogen-bond acceptors (Lipinski definition) is 5. The minimum absolute atomic E-state index is 0.0227. The van der Waals surface area contributed by atoms with Crippen molar-refractivity contribution in [2.24, 2.45) is 0 Å². The molecule has 1 atom stereocenters. The third kappa shape index (κ3) is 5.39. The molecule has 4 N–H and O–H groups in total. The number of amides is 1. The largest absolute Gasteiger partial charge is 0.417 e. The molecule has 9 heteroatoms. The summed E-state index contributed by atoms with van der Waals surface area (Å²) in [5.74, 6) is -0.881. The first kappa shape index (κ1) is 20.6. The van der Waals surface area contributed by atoms with E-state index < -0.39 is 28.8 Å². The number of nitrogens with two attached hydrogens (primary N) is 1. The normalized spacial score (nSPS) is 13.5. The van der Waals surface area contributed by atoms with E-state index in [2.05, 4.69) is 5.32 Å². The molecule has 0 aromatic heterocycles. The lowest BCUT2D eigenvalue weighted by Gasteiger charge is -2.22. The number of anilines is 2. The number of benzene rings is 2. The molecule has 0 spiro atoms. The summed E-state index contributed by atoms with van der Waals surface area (Å²) in [5.41, 5.74) is 2.46. The smallest absolute Gasteiger partial charge is 0.399 e. The van der Waals surface area contributed by atoms with Crippen molar-refractivity contribution >= 4 is 29.0 Å². The summed E-state index contributed by atoms with van der Waals surface area (Å²) < 4.78 is 39.0. The highest BCUT2D eigenvalue weighted by molar-refractivity contribution is 7.99. The highest BCUT2D eigenvalue weighted by atomic mass is 32.2. The van der Waals surface area contributed by atoms with E-state index in [0.717, 1.165) is 11.0 Å². The molecule has 142 valence electrons. The van der Waals surface area contributed by atoms with Crippen molar-refractivity contribution in [2.45, 2.75) is 23.6 Å². The van der Waals surface area contributed by atoms with Gasteiger partial charge in [0.25, 0.3) is 5.91 Å². The van der Waals surface area contributed by atoms with Crippen LogP contribution in [0.15, 0.2) is 47.4 Å². The molecule has 0 aliphatic rings. The van der Waals surface area contributed by atoms with Crippen LogP contribution in [0.25, 0.3) is 0 Å². The average Bonchev–Trinajstić information content (AvgIpc) is 2.60. The first-order valence-corrected chi connectivity index (χ1v) is 8.65. The summed E-state index contributed by atoms with van der Waals surface area (Å²) in [7, 11) is 0. The quantitative estimate of drug-likeness (QED) is 0.530. The zero-order valence-electron chi connectivity index (χ0n) is 14.2. The summed E-state index contributed by atoms with van der Waals surface area (Å²) in [6.07, 6.45) is -4.74. The number of nitrogens with zero attached hydrogens (tertiary/aromatic N) is 1. The van der Waals surface area contributed by atoms with Gasteiger partial charge in [-0.3, -0.25) is 4.79 Å². The molecule has 0 aliphatic carbocycles. The van der Waals surface area contributed by atoms with Gasteiger partial charge in [-0.25, -0.2) is 0 Å². The number of nitriles is 1. The molecule has 0 bridgehead atoms. The Labute approximate surface area is 158 Å².